The van der Waals surface area contributed by atoms with Gasteiger partial charge >= 0.3 is 0 Å². The lowest BCUT2D eigenvalue weighted by Gasteiger charge is -2.35. The zero-order valence-corrected chi connectivity index (χ0v) is 17.2. The predicted molar refractivity (Wildman–Crippen MR) is 112 cm³/mol. The quantitative estimate of drug-likeness (QED) is 0.730. The summed E-state index contributed by atoms with van der Waals surface area (Å²) in [4.78, 5) is 16.9. The Kier molecular flexibility index (Phi) is 7.12. The maximum atomic E-state index is 12.2. The Morgan fingerprint density at radius 3 is 2.67 bits per heavy atom. The summed E-state index contributed by atoms with van der Waals surface area (Å²) in [6.07, 6.45) is 0.336. The number of halogens is 1. The molecule has 1 aliphatic heterocycles. The molecule has 0 aliphatic carbocycles. The van der Waals surface area contributed by atoms with Crippen molar-refractivity contribution >= 4 is 27.5 Å². The summed E-state index contributed by atoms with van der Waals surface area (Å²) in [5, 5.41) is 3.02. The zero-order valence-electron chi connectivity index (χ0n) is 15.7. The molecule has 5 nitrogen and oxygen atoms in total. The standard InChI is InChI=1S/C21H26BrN3O2/c1-24-10-12-25(13-11-24)20-8-3-2-5-17(20)16-23-21(26)9-14-27-19-7-4-6-18(22)15-19/h2-8,15H,9-14,16H2,1H3,(H,23,26). The molecule has 0 unspecified atom stereocenters. The topological polar surface area (TPSA) is 44.8 Å². The number of amides is 1. The van der Waals surface area contributed by atoms with Gasteiger partial charge in [-0.1, -0.05) is 40.2 Å². The number of ether oxygens (including phenoxy) is 1. The number of benzene rings is 2. The van der Waals surface area contributed by atoms with Gasteiger partial charge in [-0.3, -0.25) is 4.79 Å². The number of anilines is 1. The van der Waals surface area contributed by atoms with Gasteiger partial charge in [0.1, 0.15) is 5.75 Å². The number of para-hydroxylation sites is 1. The van der Waals surface area contributed by atoms with Crippen molar-refractivity contribution in [2.24, 2.45) is 0 Å². The first-order chi connectivity index (χ1) is 13.1. The van der Waals surface area contributed by atoms with Gasteiger partial charge < -0.3 is 19.9 Å². The second-order valence-electron chi connectivity index (χ2n) is 6.75. The number of likely N-dealkylation sites (N-methyl/N-ethyl adjacent to an activating group) is 1. The highest BCUT2D eigenvalue weighted by Gasteiger charge is 2.16. The van der Waals surface area contributed by atoms with Crippen molar-refractivity contribution in [3.05, 3.63) is 58.6 Å². The van der Waals surface area contributed by atoms with E-state index in [1.807, 2.05) is 30.3 Å². The number of rotatable bonds is 7. The first-order valence-corrected chi connectivity index (χ1v) is 10.1. The van der Waals surface area contributed by atoms with Gasteiger partial charge in [-0.25, -0.2) is 0 Å². The number of nitrogens with zero attached hydrogens (tertiary/aromatic N) is 2. The number of hydrogen-bond donors (Lipinski definition) is 1. The minimum atomic E-state index is -0.00169. The lowest BCUT2D eigenvalue weighted by Crippen LogP contribution is -2.45. The van der Waals surface area contributed by atoms with Gasteiger partial charge in [0.25, 0.3) is 0 Å². The van der Waals surface area contributed by atoms with E-state index < -0.39 is 0 Å². The fourth-order valence-corrected chi connectivity index (χ4v) is 3.49. The van der Waals surface area contributed by atoms with Gasteiger partial charge in [0, 0.05) is 42.9 Å². The normalized spacial score (nSPS) is 14.8. The fraction of sp³-hybridized carbons (Fsp3) is 0.381. The summed E-state index contributed by atoms with van der Waals surface area (Å²) in [5.74, 6) is 0.760. The van der Waals surface area contributed by atoms with Gasteiger partial charge in [-0.05, 0) is 36.9 Å². The van der Waals surface area contributed by atoms with E-state index in [1.165, 1.54) is 5.69 Å². The van der Waals surface area contributed by atoms with Crippen molar-refractivity contribution in [3.63, 3.8) is 0 Å². The smallest absolute Gasteiger partial charge is 0.223 e. The molecule has 1 heterocycles. The van der Waals surface area contributed by atoms with E-state index in [1.54, 1.807) is 0 Å². The van der Waals surface area contributed by atoms with Gasteiger partial charge in [0.2, 0.25) is 5.91 Å². The molecule has 0 bridgehead atoms. The van der Waals surface area contributed by atoms with E-state index in [4.69, 9.17) is 4.74 Å². The van der Waals surface area contributed by atoms with E-state index in [-0.39, 0.29) is 5.91 Å². The second kappa shape index (κ2) is 9.76. The summed E-state index contributed by atoms with van der Waals surface area (Å²) in [5.41, 5.74) is 2.37. The highest BCUT2D eigenvalue weighted by molar-refractivity contribution is 9.10. The monoisotopic (exact) mass is 431 g/mol. The van der Waals surface area contributed by atoms with Crippen molar-refractivity contribution in [1.29, 1.82) is 0 Å². The van der Waals surface area contributed by atoms with Crippen molar-refractivity contribution in [2.45, 2.75) is 13.0 Å². The maximum absolute atomic E-state index is 12.2. The van der Waals surface area contributed by atoms with Gasteiger partial charge in [0.15, 0.2) is 0 Å². The summed E-state index contributed by atoms with van der Waals surface area (Å²) in [7, 11) is 2.15. The van der Waals surface area contributed by atoms with Crippen molar-refractivity contribution in [3.8, 4) is 5.75 Å². The minimum Gasteiger partial charge on any atom is -0.493 e. The van der Waals surface area contributed by atoms with Crippen LogP contribution in [0.3, 0.4) is 0 Å². The molecule has 6 heteroatoms. The Balaban J connectivity index is 1.47. The van der Waals surface area contributed by atoms with Crippen LogP contribution in [0.15, 0.2) is 53.0 Å². The molecule has 1 N–H and O–H groups in total. The van der Waals surface area contributed by atoms with Crippen LogP contribution >= 0.6 is 15.9 Å². The molecule has 0 aromatic heterocycles. The van der Waals surface area contributed by atoms with Gasteiger partial charge in [-0.15, -0.1) is 0 Å². The Labute approximate surface area is 169 Å². The average molecular weight is 432 g/mol. The average Bonchev–Trinajstić information content (AvgIpc) is 2.67. The fourth-order valence-electron chi connectivity index (χ4n) is 3.12. The highest BCUT2D eigenvalue weighted by Crippen LogP contribution is 2.22. The third kappa shape index (κ3) is 5.97. The van der Waals surface area contributed by atoms with Gasteiger partial charge in [-0.2, -0.15) is 0 Å². The SMILES string of the molecule is CN1CCN(c2ccccc2CNC(=O)CCOc2cccc(Br)c2)CC1. The van der Waals surface area contributed by atoms with Crippen LogP contribution < -0.4 is 15.0 Å². The molecule has 2 aromatic rings. The van der Waals surface area contributed by atoms with E-state index in [0.29, 0.717) is 19.6 Å². The van der Waals surface area contributed by atoms with Crippen LogP contribution in [0.1, 0.15) is 12.0 Å². The molecule has 27 heavy (non-hydrogen) atoms. The molecule has 1 aliphatic rings. The summed E-state index contributed by atoms with van der Waals surface area (Å²) >= 11 is 3.41. The van der Waals surface area contributed by atoms with Crippen molar-refractivity contribution in [2.75, 3.05) is 44.7 Å². The Hall–Kier alpha value is -2.05. The highest BCUT2D eigenvalue weighted by atomic mass is 79.9. The molecule has 0 radical (unpaired) electrons. The maximum Gasteiger partial charge on any atom is 0.223 e. The van der Waals surface area contributed by atoms with Crippen molar-refractivity contribution < 1.29 is 9.53 Å². The Morgan fingerprint density at radius 1 is 1.11 bits per heavy atom. The van der Waals surface area contributed by atoms with Crippen LogP contribution in [0.4, 0.5) is 5.69 Å². The van der Waals surface area contributed by atoms with Crippen LogP contribution in [-0.2, 0) is 11.3 Å². The molecule has 0 saturated carbocycles. The lowest BCUT2D eigenvalue weighted by molar-refractivity contribution is -0.121. The van der Waals surface area contributed by atoms with Crippen LogP contribution in [-0.4, -0.2) is 50.6 Å². The molecular formula is C21H26BrN3O2. The first-order valence-electron chi connectivity index (χ1n) is 9.28. The molecule has 1 amide bonds. The molecular weight excluding hydrogens is 406 g/mol. The van der Waals surface area contributed by atoms with Crippen LogP contribution in [0, 0.1) is 0 Å². The number of carbonyl (C=O) groups is 1. The van der Waals surface area contributed by atoms with Crippen LogP contribution in [0.2, 0.25) is 0 Å². The summed E-state index contributed by atoms with van der Waals surface area (Å²) in [6.45, 7) is 5.06. The third-order valence-corrected chi connectivity index (χ3v) is 5.20. The van der Waals surface area contributed by atoms with Crippen LogP contribution in [0.25, 0.3) is 0 Å². The number of hydrogen-bond acceptors (Lipinski definition) is 4. The molecule has 144 valence electrons. The molecule has 3 rings (SSSR count). The molecule has 0 atom stereocenters. The summed E-state index contributed by atoms with van der Waals surface area (Å²) < 4.78 is 6.60. The second-order valence-corrected chi connectivity index (χ2v) is 7.67. The predicted octanol–water partition coefficient (Wildman–Crippen LogP) is 3.29. The van der Waals surface area contributed by atoms with Crippen LogP contribution in [0.5, 0.6) is 5.75 Å². The number of carbonyl (C=O) groups excluding carboxylic acids is 1. The van der Waals surface area contributed by atoms with Crippen molar-refractivity contribution in [1.82, 2.24) is 10.2 Å². The zero-order chi connectivity index (χ0) is 19.1. The lowest BCUT2D eigenvalue weighted by atomic mass is 10.1. The summed E-state index contributed by atoms with van der Waals surface area (Å²) in [6, 6.07) is 15.9. The largest absolute Gasteiger partial charge is 0.493 e. The van der Waals surface area contributed by atoms with E-state index in [0.717, 1.165) is 42.0 Å². The molecule has 1 saturated heterocycles. The number of nitrogens with one attached hydrogen (secondary N) is 1. The third-order valence-electron chi connectivity index (χ3n) is 4.71. The minimum absolute atomic E-state index is 0.00169. The first kappa shape index (κ1) is 19.7. The molecule has 2 aromatic carbocycles. The Morgan fingerprint density at radius 2 is 1.89 bits per heavy atom. The molecule has 0 spiro atoms. The number of piperazine rings is 1. The van der Waals surface area contributed by atoms with E-state index in [9.17, 15) is 4.79 Å². The van der Waals surface area contributed by atoms with E-state index >= 15 is 0 Å². The molecule has 1 fully saturated rings. The Bertz CT molecular complexity index is 761. The van der Waals surface area contributed by atoms with Gasteiger partial charge in [0.05, 0.1) is 13.0 Å². The van der Waals surface area contributed by atoms with E-state index in [2.05, 4.69) is 56.3 Å².